The van der Waals surface area contributed by atoms with Crippen LogP contribution in [0, 0.1) is 12.3 Å². The molecular formula is C12H13ClN2O2. The number of urea groups is 1. The molecule has 3 N–H and O–H groups in total. The fourth-order valence-corrected chi connectivity index (χ4v) is 1.31. The van der Waals surface area contributed by atoms with Crippen molar-refractivity contribution in [3.8, 4) is 12.3 Å². The van der Waals surface area contributed by atoms with E-state index in [4.69, 9.17) is 18.0 Å². The van der Waals surface area contributed by atoms with Gasteiger partial charge in [0.15, 0.2) is 0 Å². The zero-order chi connectivity index (χ0) is 12.7. The predicted octanol–water partition coefficient (Wildman–Crippen LogP) is 1.31. The molecule has 1 aromatic rings. The van der Waals surface area contributed by atoms with Gasteiger partial charge in [0.25, 0.3) is 0 Å². The zero-order valence-corrected chi connectivity index (χ0v) is 9.87. The molecule has 5 heteroatoms. The van der Waals surface area contributed by atoms with Gasteiger partial charge in [-0.1, -0.05) is 29.7 Å². The van der Waals surface area contributed by atoms with Gasteiger partial charge < -0.3 is 15.7 Å². The molecule has 0 aromatic heterocycles. The van der Waals surface area contributed by atoms with Crippen molar-refractivity contribution >= 4 is 17.6 Å². The molecule has 0 saturated heterocycles. The van der Waals surface area contributed by atoms with Gasteiger partial charge in [0, 0.05) is 11.6 Å². The van der Waals surface area contributed by atoms with Crippen molar-refractivity contribution in [1.82, 2.24) is 10.6 Å². The highest BCUT2D eigenvalue weighted by Gasteiger charge is 2.08. The van der Waals surface area contributed by atoms with Crippen molar-refractivity contribution < 1.29 is 9.90 Å². The Labute approximate surface area is 105 Å². The summed E-state index contributed by atoms with van der Waals surface area (Å²) in [6, 6.07) is 6.36. The molecular weight excluding hydrogens is 240 g/mol. The SMILES string of the molecule is C#CCNC(=O)NCC(O)c1ccc(Cl)cc1. The molecule has 90 valence electrons. The Morgan fingerprint density at radius 3 is 2.65 bits per heavy atom. The topological polar surface area (TPSA) is 61.4 Å². The normalized spacial score (nSPS) is 11.4. The predicted molar refractivity (Wildman–Crippen MR) is 66.6 cm³/mol. The number of benzene rings is 1. The summed E-state index contributed by atoms with van der Waals surface area (Å²) in [6.07, 6.45) is 4.21. The number of carbonyl (C=O) groups is 1. The van der Waals surface area contributed by atoms with E-state index >= 15 is 0 Å². The number of terminal acetylenes is 1. The molecule has 1 atom stereocenters. The molecule has 1 unspecified atom stereocenters. The number of halogens is 1. The van der Waals surface area contributed by atoms with E-state index in [9.17, 15) is 9.90 Å². The van der Waals surface area contributed by atoms with Gasteiger partial charge in [-0.05, 0) is 17.7 Å². The van der Waals surface area contributed by atoms with E-state index in [1.54, 1.807) is 24.3 Å². The van der Waals surface area contributed by atoms with Gasteiger partial charge in [0.2, 0.25) is 0 Å². The van der Waals surface area contributed by atoms with Crippen LogP contribution in [0.5, 0.6) is 0 Å². The Balaban J connectivity index is 2.39. The minimum Gasteiger partial charge on any atom is -0.387 e. The summed E-state index contributed by atoms with van der Waals surface area (Å²) < 4.78 is 0. The summed E-state index contributed by atoms with van der Waals surface area (Å²) in [4.78, 5) is 11.1. The first-order valence-corrected chi connectivity index (χ1v) is 5.40. The van der Waals surface area contributed by atoms with Crippen LogP contribution in [0.25, 0.3) is 0 Å². The molecule has 0 fully saturated rings. The Morgan fingerprint density at radius 2 is 2.06 bits per heavy atom. The third-order valence-electron chi connectivity index (χ3n) is 2.06. The molecule has 1 aromatic carbocycles. The highest BCUT2D eigenvalue weighted by molar-refractivity contribution is 6.30. The van der Waals surface area contributed by atoms with E-state index < -0.39 is 12.1 Å². The molecule has 0 bridgehead atoms. The van der Waals surface area contributed by atoms with E-state index in [2.05, 4.69) is 16.6 Å². The van der Waals surface area contributed by atoms with Gasteiger partial charge >= 0.3 is 6.03 Å². The molecule has 0 saturated carbocycles. The lowest BCUT2D eigenvalue weighted by molar-refractivity contribution is 0.173. The van der Waals surface area contributed by atoms with Crippen LogP contribution in [-0.2, 0) is 0 Å². The summed E-state index contributed by atoms with van der Waals surface area (Å²) in [5.74, 6) is 2.28. The number of aliphatic hydroxyl groups excluding tert-OH is 1. The third kappa shape index (κ3) is 4.77. The smallest absolute Gasteiger partial charge is 0.315 e. The first-order valence-electron chi connectivity index (χ1n) is 5.02. The standard InChI is InChI=1S/C12H13ClN2O2/c1-2-7-14-12(17)15-8-11(16)9-3-5-10(13)6-4-9/h1,3-6,11,16H,7-8H2,(H2,14,15,17). The van der Waals surface area contributed by atoms with Crippen LogP contribution in [0.4, 0.5) is 4.79 Å². The van der Waals surface area contributed by atoms with Crippen molar-refractivity contribution in [2.24, 2.45) is 0 Å². The molecule has 0 radical (unpaired) electrons. The van der Waals surface area contributed by atoms with E-state index in [0.29, 0.717) is 10.6 Å². The summed E-state index contributed by atoms with van der Waals surface area (Å²) in [7, 11) is 0. The van der Waals surface area contributed by atoms with Gasteiger partial charge in [-0.25, -0.2) is 4.79 Å². The molecule has 17 heavy (non-hydrogen) atoms. The molecule has 0 spiro atoms. The van der Waals surface area contributed by atoms with Crippen LogP contribution in [0.15, 0.2) is 24.3 Å². The lowest BCUT2D eigenvalue weighted by Gasteiger charge is -2.12. The lowest BCUT2D eigenvalue weighted by Crippen LogP contribution is -2.37. The van der Waals surface area contributed by atoms with E-state index in [-0.39, 0.29) is 13.1 Å². The fourth-order valence-electron chi connectivity index (χ4n) is 1.19. The molecule has 0 aliphatic carbocycles. The summed E-state index contributed by atoms with van der Waals surface area (Å²) >= 11 is 5.72. The first kappa shape index (κ1) is 13.4. The van der Waals surface area contributed by atoms with Crippen LogP contribution in [-0.4, -0.2) is 24.2 Å². The Kier molecular flexibility index (Phi) is 5.34. The number of hydrogen-bond acceptors (Lipinski definition) is 2. The maximum absolute atomic E-state index is 11.1. The minimum absolute atomic E-state index is 0.109. The van der Waals surface area contributed by atoms with Crippen LogP contribution in [0.3, 0.4) is 0 Å². The van der Waals surface area contributed by atoms with Crippen LogP contribution >= 0.6 is 11.6 Å². The van der Waals surface area contributed by atoms with Crippen LogP contribution in [0.1, 0.15) is 11.7 Å². The van der Waals surface area contributed by atoms with E-state index in [1.807, 2.05) is 0 Å². The van der Waals surface area contributed by atoms with Crippen molar-refractivity contribution in [3.63, 3.8) is 0 Å². The maximum Gasteiger partial charge on any atom is 0.315 e. The molecule has 0 aliphatic rings. The van der Waals surface area contributed by atoms with Gasteiger partial charge in [-0.2, -0.15) is 0 Å². The summed E-state index contributed by atoms with van der Waals surface area (Å²) in [6.45, 7) is 0.265. The third-order valence-corrected chi connectivity index (χ3v) is 2.31. The molecule has 1 rings (SSSR count). The first-order chi connectivity index (χ1) is 8.13. The Hall–Kier alpha value is -1.70. The molecule has 4 nitrogen and oxygen atoms in total. The van der Waals surface area contributed by atoms with Gasteiger partial charge in [-0.3, -0.25) is 0 Å². The molecule has 2 amide bonds. The highest BCUT2D eigenvalue weighted by Crippen LogP contribution is 2.15. The lowest BCUT2D eigenvalue weighted by atomic mass is 10.1. The Bertz CT molecular complexity index is 412. The molecule has 0 aliphatic heterocycles. The number of hydrogen-bond donors (Lipinski definition) is 3. The van der Waals surface area contributed by atoms with Crippen molar-refractivity contribution in [1.29, 1.82) is 0 Å². The van der Waals surface area contributed by atoms with Crippen molar-refractivity contribution in [3.05, 3.63) is 34.9 Å². The number of rotatable bonds is 4. The summed E-state index contributed by atoms with van der Waals surface area (Å²) in [5, 5.41) is 15.3. The number of aliphatic hydroxyl groups is 1. The van der Waals surface area contributed by atoms with Crippen LogP contribution < -0.4 is 10.6 Å². The average molecular weight is 253 g/mol. The average Bonchev–Trinajstić information content (AvgIpc) is 2.34. The fraction of sp³-hybridized carbons (Fsp3) is 0.250. The number of nitrogens with one attached hydrogen (secondary N) is 2. The summed E-state index contributed by atoms with van der Waals surface area (Å²) in [5.41, 5.74) is 0.687. The number of amides is 2. The largest absolute Gasteiger partial charge is 0.387 e. The second kappa shape index (κ2) is 6.79. The second-order valence-corrected chi connectivity index (χ2v) is 3.77. The van der Waals surface area contributed by atoms with Crippen molar-refractivity contribution in [2.75, 3.05) is 13.1 Å². The highest BCUT2D eigenvalue weighted by atomic mass is 35.5. The van der Waals surface area contributed by atoms with E-state index in [0.717, 1.165) is 0 Å². The molecule has 0 heterocycles. The quantitative estimate of drug-likeness (QED) is 0.708. The van der Waals surface area contributed by atoms with Crippen LogP contribution in [0.2, 0.25) is 5.02 Å². The Morgan fingerprint density at radius 1 is 1.41 bits per heavy atom. The van der Waals surface area contributed by atoms with Gasteiger partial charge in [0.05, 0.1) is 12.6 Å². The van der Waals surface area contributed by atoms with Gasteiger partial charge in [-0.15, -0.1) is 6.42 Å². The maximum atomic E-state index is 11.1. The monoisotopic (exact) mass is 252 g/mol. The second-order valence-electron chi connectivity index (χ2n) is 3.34. The van der Waals surface area contributed by atoms with Gasteiger partial charge in [0.1, 0.15) is 0 Å². The minimum atomic E-state index is -0.774. The number of carbonyl (C=O) groups excluding carboxylic acids is 1. The van der Waals surface area contributed by atoms with Crippen molar-refractivity contribution in [2.45, 2.75) is 6.10 Å². The van der Waals surface area contributed by atoms with E-state index in [1.165, 1.54) is 0 Å². The zero-order valence-electron chi connectivity index (χ0n) is 9.11.